The number of rotatable bonds is 6. The van der Waals surface area contributed by atoms with Crippen molar-refractivity contribution >= 4 is 40.7 Å². The second-order valence-corrected chi connectivity index (χ2v) is 10.4. The molecule has 1 aromatic heterocycles. The van der Waals surface area contributed by atoms with E-state index in [-0.39, 0.29) is 6.03 Å². The molecule has 0 aliphatic carbocycles. The Morgan fingerprint density at radius 1 is 0.892 bits per heavy atom. The van der Waals surface area contributed by atoms with Crippen LogP contribution in [-0.2, 0) is 11.2 Å². The predicted octanol–water partition coefficient (Wildman–Crippen LogP) is 5.05. The van der Waals surface area contributed by atoms with Gasteiger partial charge in [-0.2, -0.15) is 11.8 Å². The first kappa shape index (κ1) is 25.4. The fraction of sp³-hybridized carbons (Fsp3) is 0.393. The number of nitrogens with zero attached hydrogens (tertiary/aromatic N) is 4. The third kappa shape index (κ3) is 6.17. The number of aromatic nitrogens is 2. The third-order valence-electron chi connectivity index (χ3n) is 6.77. The molecule has 5 rings (SSSR count). The van der Waals surface area contributed by atoms with Crippen molar-refractivity contribution in [3.63, 3.8) is 0 Å². The maximum atomic E-state index is 12.6. The number of carbonyl (C=O) groups is 1. The highest BCUT2D eigenvalue weighted by Gasteiger charge is 2.19. The molecule has 2 fully saturated rings. The van der Waals surface area contributed by atoms with Crippen LogP contribution in [0.2, 0.25) is 0 Å². The smallest absolute Gasteiger partial charge is 0.323 e. The van der Waals surface area contributed by atoms with Crippen LogP contribution in [0, 0.1) is 6.92 Å². The van der Waals surface area contributed by atoms with Gasteiger partial charge in [0.15, 0.2) is 5.82 Å². The lowest BCUT2D eigenvalue weighted by molar-refractivity contribution is 0.122. The van der Waals surface area contributed by atoms with Gasteiger partial charge in [0.1, 0.15) is 5.82 Å². The van der Waals surface area contributed by atoms with Gasteiger partial charge in [-0.15, -0.1) is 0 Å². The van der Waals surface area contributed by atoms with E-state index in [2.05, 4.69) is 46.4 Å². The van der Waals surface area contributed by atoms with Crippen molar-refractivity contribution in [1.29, 1.82) is 0 Å². The van der Waals surface area contributed by atoms with Crippen LogP contribution in [-0.4, -0.2) is 66.9 Å². The standard InChI is InChI=1S/C28H34N6O2S/c1-3-25-20(2)27(34-12-16-36-17-13-34)32-26(31-25)21-4-6-22(7-5-21)29-28(35)30-23-8-10-24(11-9-23)33-14-18-37-19-15-33/h4-11H,3,12-19H2,1-2H3,(H2,29,30,35). The minimum atomic E-state index is -0.274. The van der Waals surface area contributed by atoms with Gasteiger partial charge < -0.3 is 25.2 Å². The lowest BCUT2D eigenvalue weighted by Gasteiger charge is -2.29. The SMILES string of the molecule is CCc1nc(-c2ccc(NC(=O)Nc3ccc(N4CCSCC4)cc3)cc2)nc(N2CCOCC2)c1C. The molecule has 0 radical (unpaired) electrons. The Labute approximate surface area is 222 Å². The van der Waals surface area contributed by atoms with Gasteiger partial charge in [0.05, 0.1) is 13.2 Å². The summed E-state index contributed by atoms with van der Waals surface area (Å²) in [6.07, 6.45) is 0.844. The Balaban J connectivity index is 1.24. The molecule has 0 unspecified atom stereocenters. The number of morpholine rings is 1. The number of hydrogen-bond acceptors (Lipinski definition) is 7. The highest BCUT2D eigenvalue weighted by molar-refractivity contribution is 7.99. The van der Waals surface area contributed by atoms with Gasteiger partial charge in [-0.25, -0.2) is 14.8 Å². The Kier molecular flexibility index (Phi) is 8.11. The monoisotopic (exact) mass is 518 g/mol. The molecule has 2 aliphatic heterocycles. The van der Waals surface area contributed by atoms with Gasteiger partial charge in [0.2, 0.25) is 0 Å². The van der Waals surface area contributed by atoms with Crippen LogP contribution >= 0.6 is 11.8 Å². The Morgan fingerprint density at radius 3 is 2.14 bits per heavy atom. The third-order valence-corrected chi connectivity index (χ3v) is 7.71. The minimum absolute atomic E-state index is 0.274. The quantitative estimate of drug-likeness (QED) is 0.473. The molecule has 0 bridgehead atoms. The lowest BCUT2D eigenvalue weighted by Crippen LogP contribution is -2.37. The van der Waals surface area contributed by atoms with Crippen LogP contribution in [0.1, 0.15) is 18.2 Å². The summed E-state index contributed by atoms with van der Waals surface area (Å²) in [4.78, 5) is 27.0. The van der Waals surface area contributed by atoms with Crippen molar-refractivity contribution in [3.8, 4) is 11.4 Å². The van der Waals surface area contributed by atoms with E-state index < -0.39 is 0 Å². The molecule has 9 heteroatoms. The number of amides is 2. The summed E-state index contributed by atoms with van der Waals surface area (Å²) >= 11 is 1.99. The highest BCUT2D eigenvalue weighted by atomic mass is 32.2. The Bertz CT molecular complexity index is 1210. The van der Waals surface area contributed by atoms with E-state index in [1.807, 2.05) is 48.2 Å². The Morgan fingerprint density at radius 2 is 1.51 bits per heavy atom. The van der Waals surface area contributed by atoms with E-state index in [1.165, 1.54) is 5.69 Å². The van der Waals surface area contributed by atoms with Crippen LogP contribution < -0.4 is 20.4 Å². The highest BCUT2D eigenvalue weighted by Crippen LogP contribution is 2.27. The molecular weight excluding hydrogens is 484 g/mol. The second-order valence-electron chi connectivity index (χ2n) is 9.20. The normalized spacial score (nSPS) is 15.9. The number of urea groups is 1. The van der Waals surface area contributed by atoms with Crippen molar-refractivity contribution in [2.45, 2.75) is 20.3 Å². The molecule has 2 N–H and O–H groups in total. The molecule has 194 valence electrons. The van der Waals surface area contributed by atoms with E-state index >= 15 is 0 Å². The number of anilines is 4. The minimum Gasteiger partial charge on any atom is -0.378 e. The van der Waals surface area contributed by atoms with Crippen LogP contribution in [0.3, 0.4) is 0 Å². The topological polar surface area (TPSA) is 82.6 Å². The molecule has 2 amide bonds. The van der Waals surface area contributed by atoms with Crippen molar-refractivity contribution in [1.82, 2.24) is 9.97 Å². The van der Waals surface area contributed by atoms with Crippen molar-refractivity contribution in [2.24, 2.45) is 0 Å². The summed E-state index contributed by atoms with van der Waals surface area (Å²) in [5.41, 5.74) is 5.77. The maximum Gasteiger partial charge on any atom is 0.323 e. The summed E-state index contributed by atoms with van der Waals surface area (Å²) in [7, 11) is 0. The van der Waals surface area contributed by atoms with Crippen LogP contribution in [0.5, 0.6) is 0 Å². The number of hydrogen-bond donors (Lipinski definition) is 2. The van der Waals surface area contributed by atoms with Gasteiger partial charge in [0.25, 0.3) is 0 Å². The van der Waals surface area contributed by atoms with E-state index in [0.29, 0.717) is 24.7 Å². The summed E-state index contributed by atoms with van der Waals surface area (Å²) in [5.74, 6) is 4.00. The zero-order valence-electron chi connectivity index (χ0n) is 21.5. The van der Waals surface area contributed by atoms with Gasteiger partial charge in [-0.05, 0) is 61.9 Å². The number of aryl methyl sites for hydroxylation is 1. The lowest BCUT2D eigenvalue weighted by atomic mass is 10.1. The number of benzene rings is 2. The summed E-state index contributed by atoms with van der Waals surface area (Å²) in [5, 5.41) is 5.83. The van der Waals surface area contributed by atoms with Gasteiger partial charge in [0, 0.05) is 71.6 Å². The molecule has 0 atom stereocenters. The molecule has 2 aliphatic rings. The molecule has 37 heavy (non-hydrogen) atoms. The zero-order valence-corrected chi connectivity index (χ0v) is 22.3. The summed E-state index contributed by atoms with van der Waals surface area (Å²) in [6, 6.07) is 15.4. The average Bonchev–Trinajstić information content (AvgIpc) is 2.95. The first-order chi connectivity index (χ1) is 18.1. The first-order valence-corrected chi connectivity index (χ1v) is 14.1. The fourth-order valence-corrected chi connectivity index (χ4v) is 5.58. The summed E-state index contributed by atoms with van der Waals surface area (Å²) in [6.45, 7) is 9.44. The van der Waals surface area contributed by atoms with Crippen molar-refractivity contribution in [2.75, 3.05) is 71.3 Å². The molecule has 2 aromatic carbocycles. The largest absolute Gasteiger partial charge is 0.378 e. The van der Waals surface area contributed by atoms with E-state index in [0.717, 1.165) is 72.4 Å². The molecule has 0 saturated carbocycles. The first-order valence-electron chi connectivity index (χ1n) is 12.9. The fourth-order valence-electron chi connectivity index (χ4n) is 4.68. The molecular formula is C28H34N6O2S. The van der Waals surface area contributed by atoms with Gasteiger partial charge in [-0.3, -0.25) is 0 Å². The molecule has 2 saturated heterocycles. The van der Waals surface area contributed by atoms with Crippen LogP contribution in [0.15, 0.2) is 48.5 Å². The molecule has 8 nitrogen and oxygen atoms in total. The van der Waals surface area contributed by atoms with E-state index in [1.54, 1.807) is 0 Å². The maximum absolute atomic E-state index is 12.6. The van der Waals surface area contributed by atoms with E-state index in [9.17, 15) is 4.79 Å². The molecule has 3 heterocycles. The molecule has 0 spiro atoms. The van der Waals surface area contributed by atoms with E-state index in [4.69, 9.17) is 14.7 Å². The van der Waals surface area contributed by atoms with Gasteiger partial charge >= 0.3 is 6.03 Å². The van der Waals surface area contributed by atoms with Crippen LogP contribution in [0.25, 0.3) is 11.4 Å². The number of nitrogens with one attached hydrogen (secondary N) is 2. The van der Waals surface area contributed by atoms with Gasteiger partial charge in [-0.1, -0.05) is 6.92 Å². The summed E-state index contributed by atoms with van der Waals surface area (Å²) < 4.78 is 5.52. The number of carbonyl (C=O) groups excluding carboxylic acids is 1. The second kappa shape index (κ2) is 11.8. The average molecular weight is 519 g/mol. The predicted molar refractivity (Wildman–Crippen MR) is 153 cm³/mol. The number of ether oxygens (including phenoxy) is 1. The number of thioether (sulfide) groups is 1. The molecule has 3 aromatic rings. The van der Waals surface area contributed by atoms with Crippen molar-refractivity contribution < 1.29 is 9.53 Å². The Hall–Kier alpha value is -3.30. The zero-order chi connectivity index (χ0) is 25.6. The van der Waals surface area contributed by atoms with Crippen molar-refractivity contribution in [3.05, 3.63) is 59.8 Å². The van der Waals surface area contributed by atoms with Crippen LogP contribution in [0.4, 0.5) is 27.7 Å².